The summed E-state index contributed by atoms with van der Waals surface area (Å²) in [6.45, 7) is -0.162. The van der Waals surface area contributed by atoms with Crippen LogP contribution in [0.4, 0.5) is 24.5 Å². The first-order valence-electron chi connectivity index (χ1n) is 11.1. The van der Waals surface area contributed by atoms with Crippen molar-refractivity contribution in [1.82, 2.24) is 0 Å². The maximum Gasteiger partial charge on any atom is 0.417 e. The molecule has 1 aliphatic carbocycles. The summed E-state index contributed by atoms with van der Waals surface area (Å²) in [7, 11) is 0. The lowest BCUT2D eigenvalue weighted by Gasteiger charge is -2.33. The second-order valence-electron chi connectivity index (χ2n) is 8.76. The molecule has 2 fully saturated rings. The van der Waals surface area contributed by atoms with E-state index >= 15 is 0 Å². The Hall–Kier alpha value is -3.42. The summed E-state index contributed by atoms with van der Waals surface area (Å²) in [6.07, 6.45) is 0.943. The molecule has 6 nitrogen and oxygen atoms in total. The van der Waals surface area contributed by atoms with Gasteiger partial charge in [-0.2, -0.15) is 18.4 Å². The molecule has 180 valence electrons. The van der Waals surface area contributed by atoms with Crippen molar-refractivity contribution in [1.29, 1.82) is 5.26 Å². The smallest absolute Gasteiger partial charge is 0.417 e. The zero-order chi connectivity index (χ0) is 25.0. The van der Waals surface area contributed by atoms with E-state index in [1.54, 1.807) is 29.2 Å². The fraction of sp³-hybridized carbons (Fsp3) is 0.320. The van der Waals surface area contributed by atoms with Gasteiger partial charge < -0.3 is 14.7 Å². The molecule has 1 amide bonds. The van der Waals surface area contributed by atoms with Crippen LogP contribution in [0.15, 0.2) is 42.5 Å². The number of benzene rings is 2. The van der Waals surface area contributed by atoms with Gasteiger partial charge in [-0.3, -0.25) is 9.69 Å². The van der Waals surface area contributed by atoms with Crippen molar-refractivity contribution in [2.75, 3.05) is 16.4 Å². The normalized spacial score (nSPS) is 20.8. The van der Waals surface area contributed by atoms with E-state index in [0.29, 0.717) is 24.3 Å². The van der Waals surface area contributed by atoms with Gasteiger partial charge in [-0.05, 0) is 67.5 Å². The Morgan fingerprint density at radius 2 is 1.89 bits per heavy atom. The predicted octanol–water partition coefficient (Wildman–Crippen LogP) is 4.79. The van der Waals surface area contributed by atoms with Gasteiger partial charge in [-0.15, -0.1) is 0 Å². The van der Waals surface area contributed by atoms with Crippen LogP contribution in [0.3, 0.4) is 0 Å². The van der Waals surface area contributed by atoms with E-state index in [2.05, 4.69) is 0 Å². The monoisotopic (exact) mass is 499 g/mol. The molecule has 2 aromatic rings. The number of nitriles is 1. The summed E-state index contributed by atoms with van der Waals surface area (Å²) < 4.78 is 46.6. The topological polar surface area (TPSA) is 76.8 Å². The van der Waals surface area contributed by atoms with Crippen molar-refractivity contribution < 1.29 is 27.8 Å². The Morgan fingerprint density at radius 3 is 2.54 bits per heavy atom. The van der Waals surface area contributed by atoms with E-state index in [1.165, 1.54) is 6.07 Å². The molecule has 1 saturated heterocycles. The number of hydrogen-bond acceptors (Lipinski definition) is 5. The summed E-state index contributed by atoms with van der Waals surface area (Å²) in [5.74, 6) is 0.202. The lowest BCUT2D eigenvalue weighted by Crippen LogP contribution is -2.47. The molecule has 0 bridgehead atoms. The highest BCUT2D eigenvalue weighted by Crippen LogP contribution is 2.47. The van der Waals surface area contributed by atoms with Gasteiger partial charge in [0.05, 0.1) is 29.5 Å². The van der Waals surface area contributed by atoms with Crippen LogP contribution in [0, 0.1) is 11.3 Å². The lowest BCUT2D eigenvalue weighted by molar-refractivity contribution is -0.137. The molecule has 2 aliphatic heterocycles. The van der Waals surface area contributed by atoms with Gasteiger partial charge in [-0.1, -0.05) is 18.9 Å². The zero-order valence-corrected chi connectivity index (χ0v) is 19.2. The van der Waals surface area contributed by atoms with Gasteiger partial charge in [0.15, 0.2) is 5.11 Å². The number of carbonyl (C=O) groups excluding carboxylic acids is 1. The molecule has 1 atom stereocenters. The quantitative estimate of drug-likeness (QED) is 0.612. The maximum atomic E-state index is 13.8. The highest BCUT2D eigenvalue weighted by atomic mass is 32.1. The number of thiocarbonyl (C=S) groups is 1. The minimum atomic E-state index is -4.76. The van der Waals surface area contributed by atoms with E-state index in [0.717, 1.165) is 35.4 Å². The second-order valence-corrected chi connectivity index (χ2v) is 9.12. The fourth-order valence-corrected chi connectivity index (χ4v) is 5.55. The second kappa shape index (κ2) is 8.36. The first kappa shape index (κ1) is 23.3. The highest BCUT2D eigenvalue weighted by molar-refractivity contribution is 7.81. The van der Waals surface area contributed by atoms with Gasteiger partial charge in [-0.25, -0.2) is 0 Å². The number of fused-ring (bicyclic) bond motifs is 1. The molecule has 35 heavy (non-hydrogen) atoms. The molecular formula is C25H20F3N3O3S. The van der Waals surface area contributed by atoms with Gasteiger partial charge in [0.25, 0.3) is 5.91 Å². The number of ether oxygens (including phenoxy) is 1. The highest BCUT2D eigenvalue weighted by Gasteiger charge is 2.57. The summed E-state index contributed by atoms with van der Waals surface area (Å²) in [4.78, 5) is 16.7. The Morgan fingerprint density at radius 1 is 1.17 bits per heavy atom. The van der Waals surface area contributed by atoms with Crippen LogP contribution in [0.25, 0.3) is 6.08 Å². The Bertz CT molecular complexity index is 1300. The Balaban J connectivity index is 1.59. The Labute approximate surface area is 204 Å². The summed E-state index contributed by atoms with van der Waals surface area (Å²) in [5, 5.41) is 18.6. The standard InChI is InChI=1S/C25H20F3N3O3S/c26-25(27,28)20-12-17(5-3-16(20)13-29)30-22(33)24(9-1-2-10-24)31(23(30)35)18-6-8-21-15(11-18)4-7-19(14-32)34-21/h3-8,11-12,19,32H,1-2,9-10,14H2/t19-/m0/s1. The third-order valence-electron chi connectivity index (χ3n) is 6.73. The molecule has 3 aliphatic rings. The van der Waals surface area contributed by atoms with E-state index < -0.39 is 28.9 Å². The minimum Gasteiger partial charge on any atom is -0.483 e. The number of alkyl halides is 3. The third-order valence-corrected chi connectivity index (χ3v) is 7.10. The molecule has 2 aromatic carbocycles. The van der Waals surface area contributed by atoms with Crippen LogP contribution in [0.5, 0.6) is 5.75 Å². The van der Waals surface area contributed by atoms with Crippen molar-refractivity contribution >= 4 is 40.7 Å². The number of carbonyl (C=O) groups is 1. The van der Waals surface area contributed by atoms with Crippen molar-refractivity contribution in [2.24, 2.45) is 0 Å². The van der Waals surface area contributed by atoms with Crippen molar-refractivity contribution in [3.8, 4) is 11.8 Å². The lowest BCUT2D eigenvalue weighted by atomic mass is 9.94. The zero-order valence-electron chi connectivity index (χ0n) is 18.4. The van der Waals surface area contributed by atoms with Gasteiger partial charge in [0.1, 0.15) is 17.4 Å². The van der Waals surface area contributed by atoms with Gasteiger partial charge in [0, 0.05) is 11.3 Å². The SMILES string of the molecule is N#Cc1ccc(N2C(=O)C3(CCCC3)N(c3ccc4c(c3)C=C[C@@H](CO)O4)C2=S)cc1C(F)(F)F. The van der Waals surface area contributed by atoms with Crippen LogP contribution < -0.4 is 14.5 Å². The van der Waals surface area contributed by atoms with Crippen molar-refractivity contribution in [3.05, 3.63) is 59.2 Å². The molecule has 1 spiro atoms. The van der Waals surface area contributed by atoms with E-state index in [1.807, 2.05) is 12.1 Å². The summed E-state index contributed by atoms with van der Waals surface area (Å²) in [5.41, 5.74) is -1.27. The van der Waals surface area contributed by atoms with Crippen LogP contribution >= 0.6 is 12.2 Å². The molecule has 5 rings (SSSR count). The van der Waals surface area contributed by atoms with Crippen LogP contribution in [-0.2, 0) is 11.0 Å². The summed E-state index contributed by atoms with van der Waals surface area (Å²) >= 11 is 5.70. The molecule has 2 heterocycles. The number of rotatable bonds is 3. The number of halogens is 3. The largest absolute Gasteiger partial charge is 0.483 e. The van der Waals surface area contributed by atoms with Crippen LogP contribution in [0.1, 0.15) is 42.4 Å². The minimum absolute atomic E-state index is 0.0212. The van der Waals surface area contributed by atoms with E-state index in [4.69, 9.17) is 22.2 Å². The predicted molar refractivity (Wildman–Crippen MR) is 127 cm³/mol. The third kappa shape index (κ3) is 3.66. The van der Waals surface area contributed by atoms with Crippen LogP contribution in [0.2, 0.25) is 0 Å². The molecular weight excluding hydrogens is 479 g/mol. The molecule has 10 heteroatoms. The number of aliphatic hydroxyl groups excluding tert-OH is 1. The van der Waals surface area contributed by atoms with Crippen LogP contribution in [-0.4, -0.2) is 34.4 Å². The molecule has 1 N–H and O–H groups in total. The molecule has 0 radical (unpaired) electrons. The first-order valence-corrected chi connectivity index (χ1v) is 11.5. The van der Waals surface area contributed by atoms with Crippen molar-refractivity contribution in [3.63, 3.8) is 0 Å². The first-order chi connectivity index (χ1) is 16.7. The number of anilines is 2. The number of amides is 1. The fourth-order valence-electron chi connectivity index (χ4n) is 5.08. The average molecular weight is 500 g/mol. The van der Waals surface area contributed by atoms with E-state index in [9.17, 15) is 23.1 Å². The molecule has 0 unspecified atom stereocenters. The van der Waals surface area contributed by atoms with Crippen molar-refractivity contribution in [2.45, 2.75) is 43.5 Å². The number of hydrogen-bond donors (Lipinski definition) is 1. The Kier molecular flexibility index (Phi) is 5.57. The maximum absolute atomic E-state index is 13.8. The number of aliphatic hydroxyl groups is 1. The van der Waals surface area contributed by atoms with Gasteiger partial charge >= 0.3 is 6.18 Å². The number of nitrogens with zero attached hydrogens (tertiary/aromatic N) is 3. The van der Waals surface area contributed by atoms with E-state index in [-0.39, 0.29) is 23.3 Å². The summed E-state index contributed by atoms with van der Waals surface area (Å²) in [6, 6.07) is 10.1. The average Bonchev–Trinajstić information content (AvgIpc) is 3.41. The molecule has 1 saturated carbocycles. The molecule has 0 aromatic heterocycles. The van der Waals surface area contributed by atoms with Gasteiger partial charge in [0.2, 0.25) is 0 Å².